The Morgan fingerprint density at radius 2 is 1.19 bits per heavy atom. The number of nitrogens with two attached hydrogens (primary N) is 1. The van der Waals surface area contributed by atoms with Crippen LogP contribution in [0.1, 0.15) is 23.3 Å². The Kier molecular flexibility index (Phi) is 3.34. The molecule has 0 aromatic heterocycles. The molecule has 2 atom stereocenters. The molecule has 0 spiro atoms. The van der Waals surface area contributed by atoms with Crippen LogP contribution >= 0.6 is 0 Å². The third-order valence-electron chi connectivity index (χ3n) is 2.67. The van der Waals surface area contributed by atoms with Gasteiger partial charge in [0.05, 0.1) is 12.1 Å². The minimum absolute atomic E-state index is 0.386. The van der Waals surface area contributed by atoms with Crippen LogP contribution < -0.4 is 5.73 Å². The minimum atomic E-state index is -0.663. The molecular formula is C14H15NO. The molecule has 2 aromatic rings. The average Bonchev–Trinajstić information content (AvgIpc) is 2.39. The van der Waals surface area contributed by atoms with Crippen molar-refractivity contribution in [2.75, 3.05) is 0 Å². The first-order valence-electron chi connectivity index (χ1n) is 5.32. The first kappa shape index (κ1) is 10.9. The highest BCUT2D eigenvalue weighted by Gasteiger charge is 2.17. The number of hydrogen-bond donors (Lipinski definition) is 2. The number of rotatable bonds is 3. The molecule has 2 aromatic carbocycles. The molecule has 0 heterocycles. The number of aliphatic hydroxyl groups excluding tert-OH is 1. The summed E-state index contributed by atoms with van der Waals surface area (Å²) in [6, 6.07) is 18.7. The van der Waals surface area contributed by atoms with E-state index in [9.17, 15) is 5.11 Å². The summed E-state index contributed by atoms with van der Waals surface area (Å²) in [5, 5.41) is 10.1. The van der Waals surface area contributed by atoms with Crippen molar-refractivity contribution in [1.29, 1.82) is 0 Å². The largest absolute Gasteiger partial charge is 0.386 e. The average molecular weight is 213 g/mol. The van der Waals surface area contributed by atoms with Crippen molar-refractivity contribution in [3.05, 3.63) is 71.8 Å². The Labute approximate surface area is 95.4 Å². The zero-order chi connectivity index (χ0) is 11.4. The topological polar surface area (TPSA) is 46.2 Å². The van der Waals surface area contributed by atoms with Crippen molar-refractivity contribution in [1.82, 2.24) is 0 Å². The van der Waals surface area contributed by atoms with Gasteiger partial charge in [0.15, 0.2) is 0 Å². The third kappa shape index (κ3) is 2.30. The number of hydrogen-bond acceptors (Lipinski definition) is 2. The smallest absolute Gasteiger partial charge is 0.0982 e. The molecule has 2 heteroatoms. The molecule has 0 radical (unpaired) electrons. The van der Waals surface area contributed by atoms with Gasteiger partial charge < -0.3 is 10.8 Å². The van der Waals surface area contributed by atoms with Crippen LogP contribution in [0.2, 0.25) is 0 Å². The highest BCUT2D eigenvalue weighted by Crippen LogP contribution is 2.25. The standard InChI is InChI=1S/C14H15NO/c15-13(11-7-3-1-4-8-11)14(16)12-9-5-2-6-10-12/h1-10,13-14,16H,15H2/t13-,14?/m1/s1. The van der Waals surface area contributed by atoms with Crippen molar-refractivity contribution >= 4 is 0 Å². The molecule has 0 aliphatic heterocycles. The molecule has 0 bridgehead atoms. The van der Waals surface area contributed by atoms with Gasteiger partial charge in [-0.3, -0.25) is 0 Å². The quantitative estimate of drug-likeness (QED) is 0.822. The maximum atomic E-state index is 10.1. The second-order valence-electron chi connectivity index (χ2n) is 3.79. The van der Waals surface area contributed by atoms with E-state index in [0.29, 0.717) is 0 Å². The van der Waals surface area contributed by atoms with E-state index >= 15 is 0 Å². The zero-order valence-corrected chi connectivity index (χ0v) is 8.95. The molecule has 16 heavy (non-hydrogen) atoms. The molecule has 3 N–H and O–H groups in total. The molecule has 0 saturated carbocycles. The van der Waals surface area contributed by atoms with Gasteiger partial charge in [-0.2, -0.15) is 0 Å². The van der Waals surface area contributed by atoms with Gasteiger partial charge in [-0.15, -0.1) is 0 Å². The van der Waals surface area contributed by atoms with Crippen LogP contribution in [0.4, 0.5) is 0 Å². The molecule has 0 aliphatic carbocycles. The highest BCUT2D eigenvalue weighted by molar-refractivity contribution is 5.25. The Morgan fingerprint density at radius 1 is 0.750 bits per heavy atom. The van der Waals surface area contributed by atoms with Gasteiger partial charge in [0.1, 0.15) is 0 Å². The van der Waals surface area contributed by atoms with Crippen molar-refractivity contribution < 1.29 is 5.11 Å². The molecule has 2 nitrogen and oxygen atoms in total. The minimum Gasteiger partial charge on any atom is -0.386 e. The summed E-state index contributed by atoms with van der Waals surface area (Å²) in [6.07, 6.45) is -0.663. The molecular weight excluding hydrogens is 198 g/mol. The van der Waals surface area contributed by atoms with E-state index in [1.54, 1.807) is 0 Å². The highest BCUT2D eigenvalue weighted by atomic mass is 16.3. The summed E-state index contributed by atoms with van der Waals surface area (Å²) >= 11 is 0. The van der Waals surface area contributed by atoms with Crippen molar-refractivity contribution in [3.8, 4) is 0 Å². The van der Waals surface area contributed by atoms with Gasteiger partial charge in [-0.05, 0) is 11.1 Å². The lowest BCUT2D eigenvalue weighted by atomic mass is 9.97. The Bertz CT molecular complexity index is 384. The normalized spacial score (nSPS) is 14.4. The maximum absolute atomic E-state index is 10.1. The van der Waals surface area contributed by atoms with E-state index in [1.807, 2.05) is 60.7 Å². The van der Waals surface area contributed by atoms with Crippen LogP contribution in [0.15, 0.2) is 60.7 Å². The summed E-state index contributed by atoms with van der Waals surface area (Å²) in [6.45, 7) is 0. The van der Waals surface area contributed by atoms with Crippen LogP contribution in [0.5, 0.6) is 0 Å². The fourth-order valence-electron chi connectivity index (χ4n) is 1.72. The molecule has 0 fully saturated rings. The Hall–Kier alpha value is -1.64. The third-order valence-corrected chi connectivity index (χ3v) is 2.67. The molecule has 1 unspecified atom stereocenters. The van der Waals surface area contributed by atoms with Gasteiger partial charge >= 0.3 is 0 Å². The molecule has 0 saturated heterocycles. The van der Waals surface area contributed by atoms with E-state index in [-0.39, 0.29) is 6.04 Å². The summed E-state index contributed by atoms with van der Waals surface area (Å²) in [5.41, 5.74) is 7.81. The van der Waals surface area contributed by atoms with E-state index in [4.69, 9.17) is 5.73 Å². The van der Waals surface area contributed by atoms with Crippen LogP contribution in [0.25, 0.3) is 0 Å². The van der Waals surface area contributed by atoms with E-state index in [2.05, 4.69) is 0 Å². The lowest BCUT2D eigenvalue weighted by Gasteiger charge is -2.19. The first-order valence-corrected chi connectivity index (χ1v) is 5.32. The first-order chi connectivity index (χ1) is 7.79. The monoisotopic (exact) mass is 213 g/mol. The Morgan fingerprint density at radius 3 is 1.69 bits per heavy atom. The fourth-order valence-corrected chi connectivity index (χ4v) is 1.72. The van der Waals surface area contributed by atoms with E-state index in [1.165, 1.54) is 0 Å². The van der Waals surface area contributed by atoms with Crippen LogP contribution in [-0.2, 0) is 0 Å². The predicted octanol–water partition coefficient (Wildman–Crippen LogP) is 2.42. The van der Waals surface area contributed by atoms with Crippen LogP contribution in [0.3, 0.4) is 0 Å². The molecule has 0 amide bonds. The van der Waals surface area contributed by atoms with Crippen LogP contribution in [0, 0.1) is 0 Å². The second kappa shape index (κ2) is 4.92. The van der Waals surface area contributed by atoms with Gasteiger partial charge in [-0.1, -0.05) is 60.7 Å². The molecule has 0 aliphatic rings. The summed E-state index contributed by atoms with van der Waals surface area (Å²) in [5.74, 6) is 0. The maximum Gasteiger partial charge on any atom is 0.0982 e. The number of aliphatic hydroxyl groups is 1. The lowest BCUT2D eigenvalue weighted by molar-refractivity contribution is 0.147. The summed E-state index contributed by atoms with van der Waals surface area (Å²) < 4.78 is 0. The molecule has 82 valence electrons. The van der Waals surface area contributed by atoms with Gasteiger partial charge in [-0.25, -0.2) is 0 Å². The fraction of sp³-hybridized carbons (Fsp3) is 0.143. The molecule has 2 rings (SSSR count). The summed E-state index contributed by atoms with van der Waals surface area (Å²) in [7, 11) is 0. The van der Waals surface area contributed by atoms with Gasteiger partial charge in [0, 0.05) is 0 Å². The van der Waals surface area contributed by atoms with Crippen LogP contribution in [-0.4, -0.2) is 5.11 Å². The zero-order valence-electron chi connectivity index (χ0n) is 8.95. The van der Waals surface area contributed by atoms with Crippen molar-refractivity contribution in [2.45, 2.75) is 12.1 Å². The second-order valence-corrected chi connectivity index (χ2v) is 3.79. The van der Waals surface area contributed by atoms with E-state index in [0.717, 1.165) is 11.1 Å². The number of benzene rings is 2. The van der Waals surface area contributed by atoms with E-state index < -0.39 is 6.10 Å². The predicted molar refractivity (Wildman–Crippen MR) is 64.8 cm³/mol. The van der Waals surface area contributed by atoms with Crippen molar-refractivity contribution in [2.24, 2.45) is 5.73 Å². The lowest BCUT2D eigenvalue weighted by Crippen LogP contribution is -2.19. The van der Waals surface area contributed by atoms with Gasteiger partial charge in [0.2, 0.25) is 0 Å². The Balaban J connectivity index is 2.20. The van der Waals surface area contributed by atoms with Crippen molar-refractivity contribution in [3.63, 3.8) is 0 Å². The van der Waals surface area contributed by atoms with Gasteiger partial charge in [0.25, 0.3) is 0 Å². The summed E-state index contributed by atoms with van der Waals surface area (Å²) in [4.78, 5) is 0. The SMILES string of the molecule is N[C@H](c1ccccc1)C(O)c1ccccc1.